The van der Waals surface area contributed by atoms with Gasteiger partial charge in [-0.1, -0.05) is 0 Å². The van der Waals surface area contributed by atoms with Crippen molar-refractivity contribution < 1.29 is 28.5 Å². The summed E-state index contributed by atoms with van der Waals surface area (Å²) in [5, 5.41) is 0. The van der Waals surface area contributed by atoms with Gasteiger partial charge in [0.2, 0.25) is 0 Å². The van der Waals surface area contributed by atoms with E-state index in [1.807, 2.05) is 0 Å². The van der Waals surface area contributed by atoms with Gasteiger partial charge in [0.1, 0.15) is 0 Å². The highest BCUT2D eigenvalue weighted by Gasteiger charge is 2.53. The van der Waals surface area contributed by atoms with E-state index in [0.29, 0.717) is 0 Å². The number of rotatable bonds is 4. The molecule has 118 valence electrons. The van der Waals surface area contributed by atoms with E-state index in [2.05, 4.69) is 25.7 Å². The Morgan fingerprint density at radius 3 is 2.55 bits per heavy atom. The van der Waals surface area contributed by atoms with Gasteiger partial charge in [-0.15, -0.1) is 0 Å². The number of Topliss-reactive ketones (excluding diaryl/α,β-unsaturated/α-hetero) is 1. The Morgan fingerprint density at radius 1 is 1.32 bits per heavy atom. The predicted molar refractivity (Wildman–Crippen MR) is 77.9 cm³/mol. The monoisotopic (exact) mass is 373 g/mol. The van der Waals surface area contributed by atoms with Crippen molar-refractivity contribution in [2.24, 2.45) is 4.99 Å². The Hall–Kier alpha value is -2.10. The molecule has 1 unspecified atom stereocenters. The molecule has 0 saturated carbocycles. The van der Waals surface area contributed by atoms with Crippen molar-refractivity contribution in [3.05, 3.63) is 0 Å². The van der Waals surface area contributed by atoms with Crippen LogP contribution in [0, 0.1) is 0 Å². The van der Waals surface area contributed by atoms with Crippen LogP contribution in [-0.2, 0) is 19.1 Å². The lowest BCUT2D eigenvalue weighted by molar-refractivity contribution is -0.520. The average Bonchev–Trinajstić information content (AvgIpc) is 2.80. The normalized spacial score (nSPS) is 21.1. The van der Waals surface area contributed by atoms with E-state index in [9.17, 15) is 19.2 Å². The van der Waals surface area contributed by atoms with E-state index in [1.54, 1.807) is 6.92 Å². The topological polar surface area (TPSA) is 99.4 Å². The summed E-state index contributed by atoms with van der Waals surface area (Å²) in [5.41, 5.74) is 0. The summed E-state index contributed by atoms with van der Waals surface area (Å²) in [5.74, 6) is -2.09. The van der Waals surface area contributed by atoms with Gasteiger partial charge >= 0.3 is 16.7 Å². The second-order valence-corrected chi connectivity index (χ2v) is 5.36. The van der Waals surface area contributed by atoms with Gasteiger partial charge in [-0.2, -0.15) is 0 Å². The van der Waals surface area contributed by atoms with Crippen molar-refractivity contribution in [3.8, 4) is 0 Å². The van der Waals surface area contributed by atoms with Gasteiger partial charge in [0, 0.05) is 14.1 Å². The minimum Gasteiger partial charge on any atom is -0.460 e. The molecule has 9 nitrogen and oxygen atoms in total. The van der Waals surface area contributed by atoms with Crippen LogP contribution in [0.25, 0.3) is 0 Å². The first kappa shape index (κ1) is 16.3. The second-order valence-electron chi connectivity index (χ2n) is 4.65. The summed E-state index contributed by atoms with van der Waals surface area (Å²) in [6, 6.07) is -1.45. The van der Waals surface area contributed by atoms with Crippen molar-refractivity contribution in [1.82, 2.24) is 9.80 Å². The summed E-state index contributed by atoms with van der Waals surface area (Å²) in [4.78, 5) is 53.7. The fraction of sp³-hybridized carbons (Fsp3) is 0.500. The van der Waals surface area contributed by atoms with Gasteiger partial charge in [-0.3, -0.25) is 19.4 Å². The third-order valence-corrected chi connectivity index (χ3v) is 3.93. The number of fused-ring (bicyclic) bond motifs is 1. The zero-order valence-corrected chi connectivity index (χ0v) is 13.8. The van der Waals surface area contributed by atoms with Gasteiger partial charge in [0.05, 0.1) is 22.5 Å². The summed E-state index contributed by atoms with van der Waals surface area (Å²) in [6.07, 6.45) is 0. The van der Waals surface area contributed by atoms with Crippen molar-refractivity contribution >= 4 is 50.2 Å². The zero-order chi connectivity index (χ0) is 16.6. The minimum absolute atomic E-state index is 0.0829. The SMILES string of the molecule is CCOC(=O)C(=O)C[N+]1=C(Br)N=C2C1C(=O)N(C)C(=O)N2C. The number of urea groups is 1. The van der Waals surface area contributed by atoms with Crippen molar-refractivity contribution in [1.29, 1.82) is 0 Å². The second kappa shape index (κ2) is 5.95. The number of esters is 1. The molecule has 1 atom stereocenters. The molecule has 2 heterocycles. The largest absolute Gasteiger partial charge is 0.460 e. The maximum atomic E-state index is 12.3. The molecule has 2 rings (SSSR count). The number of likely N-dealkylation sites (N-methyl/N-ethyl adjacent to an activating group) is 2. The molecule has 2 aliphatic heterocycles. The molecule has 0 radical (unpaired) electrons. The Morgan fingerprint density at radius 2 is 1.95 bits per heavy atom. The van der Waals surface area contributed by atoms with Crippen molar-refractivity contribution in [2.75, 3.05) is 27.2 Å². The molecule has 0 aliphatic carbocycles. The standard InChI is InChI=1S/C12H14BrN4O5/c1-4-22-10(20)6(18)5-17-7-8(14-11(17)13)15(2)12(21)16(3)9(7)19/h7H,4-5H2,1-3H3/q+1. The molecule has 3 amide bonds. The van der Waals surface area contributed by atoms with Crippen LogP contribution < -0.4 is 0 Å². The third-order valence-electron chi connectivity index (χ3n) is 3.30. The Labute approximate surface area is 134 Å². The van der Waals surface area contributed by atoms with E-state index >= 15 is 0 Å². The predicted octanol–water partition coefficient (Wildman–Crippen LogP) is -0.813. The third kappa shape index (κ3) is 2.54. The van der Waals surface area contributed by atoms with Crippen LogP contribution in [0.5, 0.6) is 0 Å². The lowest BCUT2D eigenvalue weighted by Crippen LogP contribution is -2.62. The lowest BCUT2D eigenvalue weighted by atomic mass is 10.1. The molecule has 1 fully saturated rings. The molecule has 22 heavy (non-hydrogen) atoms. The number of hydrogen-bond donors (Lipinski definition) is 0. The van der Waals surface area contributed by atoms with Gasteiger partial charge in [0.15, 0.2) is 6.54 Å². The maximum absolute atomic E-state index is 12.3. The van der Waals surface area contributed by atoms with Crippen molar-refractivity contribution in [2.45, 2.75) is 13.0 Å². The fourth-order valence-corrected chi connectivity index (χ4v) is 2.67. The average molecular weight is 374 g/mol. The van der Waals surface area contributed by atoms with Crippen LogP contribution in [0.4, 0.5) is 4.79 Å². The van der Waals surface area contributed by atoms with E-state index in [4.69, 9.17) is 0 Å². The minimum atomic E-state index is -0.975. The first-order valence-corrected chi connectivity index (χ1v) is 7.21. The summed E-state index contributed by atoms with van der Waals surface area (Å²) >= 11 is 3.15. The summed E-state index contributed by atoms with van der Waals surface area (Å²) in [7, 11) is 2.82. The molecule has 0 spiro atoms. The molecule has 0 aromatic heterocycles. The van der Waals surface area contributed by atoms with E-state index in [0.717, 1.165) is 4.90 Å². The highest BCUT2D eigenvalue weighted by atomic mass is 79.9. The van der Waals surface area contributed by atoms with Crippen LogP contribution in [0.15, 0.2) is 4.99 Å². The van der Waals surface area contributed by atoms with Gasteiger partial charge in [0.25, 0.3) is 23.6 Å². The first-order chi connectivity index (χ1) is 10.3. The molecule has 0 aromatic carbocycles. The van der Waals surface area contributed by atoms with Crippen LogP contribution in [0.2, 0.25) is 0 Å². The molecule has 0 N–H and O–H groups in total. The molecule has 10 heteroatoms. The highest BCUT2D eigenvalue weighted by Crippen LogP contribution is 2.20. The number of carbonyl (C=O) groups is 4. The smallest absolute Gasteiger partial charge is 0.378 e. The molecule has 0 aromatic rings. The number of aliphatic imine (C=N–C) groups is 1. The molecule has 2 aliphatic rings. The van der Waals surface area contributed by atoms with E-state index in [1.165, 1.54) is 23.6 Å². The zero-order valence-electron chi connectivity index (χ0n) is 12.2. The number of hydrogen-bond acceptors (Lipinski definition) is 6. The van der Waals surface area contributed by atoms with E-state index in [-0.39, 0.29) is 23.7 Å². The molecule has 1 saturated heterocycles. The number of ether oxygens (including phenoxy) is 1. The number of ketones is 1. The first-order valence-electron chi connectivity index (χ1n) is 6.42. The molecular formula is C12H14BrN4O5+. The Balaban J connectivity index is 2.27. The van der Waals surface area contributed by atoms with Gasteiger partial charge in [-0.05, 0) is 11.9 Å². The number of amidine groups is 2. The van der Waals surface area contributed by atoms with Crippen molar-refractivity contribution in [3.63, 3.8) is 0 Å². The summed E-state index contributed by atoms with van der Waals surface area (Å²) in [6.45, 7) is 1.29. The number of halogens is 1. The Bertz CT molecular complexity index is 641. The number of nitrogens with zero attached hydrogens (tertiary/aromatic N) is 4. The molecule has 0 bridgehead atoms. The summed E-state index contributed by atoms with van der Waals surface area (Å²) < 4.78 is 6.15. The number of amides is 3. The van der Waals surface area contributed by atoms with Gasteiger partial charge in [-0.25, -0.2) is 14.2 Å². The fourth-order valence-electron chi connectivity index (χ4n) is 2.16. The maximum Gasteiger partial charge on any atom is 0.378 e. The number of imide groups is 1. The van der Waals surface area contributed by atoms with Crippen LogP contribution in [0.3, 0.4) is 0 Å². The Kier molecular flexibility index (Phi) is 4.40. The quantitative estimate of drug-likeness (QED) is 0.277. The lowest BCUT2D eigenvalue weighted by Gasteiger charge is -2.30. The van der Waals surface area contributed by atoms with E-state index < -0.39 is 29.7 Å². The van der Waals surface area contributed by atoms with Crippen LogP contribution in [0.1, 0.15) is 6.92 Å². The highest BCUT2D eigenvalue weighted by molar-refractivity contribution is 9.18. The van der Waals surface area contributed by atoms with Crippen LogP contribution >= 0.6 is 15.9 Å². The molecular weight excluding hydrogens is 360 g/mol. The van der Waals surface area contributed by atoms with Gasteiger partial charge < -0.3 is 4.74 Å². The van der Waals surface area contributed by atoms with Crippen LogP contribution in [-0.4, -0.2) is 81.9 Å². The number of carbonyl (C=O) groups excluding carboxylic acids is 4.